The number of nitrogens with zero attached hydrogens (tertiary/aromatic N) is 2. The smallest absolute Gasteiger partial charge is 0.330 e. The SMILES string of the molecule is CCOC(=O)/C=C/C(=O)N1CC[C@H](NC(=O)c2nc(Cl)c(CC)[nH]2)[C@H](OCCC(C)C)C1. The Kier molecular flexibility index (Phi) is 10.2. The van der Waals surface area contributed by atoms with Crippen molar-refractivity contribution in [2.75, 3.05) is 26.3 Å². The topological polar surface area (TPSA) is 114 Å². The van der Waals surface area contributed by atoms with E-state index in [0.717, 1.165) is 12.5 Å². The van der Waals surface area contributed by atoms with Gasteiger partial charge in [-0.2, -0.15) is 0 Å². The van der Waals surface area contributed by atoms with Gasteiger partial charge in [0.2, 0.25) is 5.91 Å². The molecule has 1 aromatic heterocycles. The molecule has 0 aliphatic carbocycles. The molecule has 32 heavy (non-hydrogen) atoms. The molecule has 0 unspecified atom stereocenters. The molecule has 178 valence electrons. The number of aromatic nitrogens is 2. The van der Waals surface area contributed by atoms with Crippen LogP contribution in [0.15, 0.2) is 12.2 Å². The molecule has 2 heterocycles. The van der Waals surface area contributed by atoms with Gasteiger partial charge in [0, 0.05) is 31.8 Å². The fraction of sp³-hybridized carbons (Fsp3) is 0.636. The van der Waals surface area contributed by atoms with E-state index in [1.165, 1.54) is 6.08 Å². The molecule has 9 nitrogen and oxygen atoms in total. The summed E-state index contributed by atoms with van der Waals surface area (Å²) in [6.07, 6.45) is 3.95. The van der Waals surface area contributed by atoms with Crippen molar-refractivity contribution in [2.24, 2.45) is 5.92 Å². The number of imidazole rings is 1. The minimum Gasteiger partial charge on any atom is -0.463 e. The number of hydrogen-bond acceptors (Lipinski definition) is 6. The van der Waals surface area contributed by atoms with Crippen LogP contribution in [0.5, 0.6) is 0 Å². The number of rotatable bonds is 10. The third-order valence-electron chi connectivity index (χ3n) is 5.16. The molecule has 2 atom stereocenters. The predicted octanol–water partition coefficient (Wildman–Crippen LogP) is 2.51. The van der Waals surface area contributed by atoms with Gasteiger partial charge in [-0.15, -0.1) is 0 Å². The number of amides is 2. The van der Waals surface area contributed by atoms with E-state index < -0.39 is 5.97 Å². The molecule has 1 aromatic rings. The molecule has 0 radical (unpaired) electrons. The number of likely N-dealkylation sites (tertiary alicyclic amines) is 1. The van der Waals surface area contributed by atoms with E-state index >= 15 is 0 Å². The second-order valence-electron chi connectivity index (χ2n) is 8.04. The second kappa shape index (κ2) is 12.6. The molecule has 0 aromatic carbocycles. The number of carbonyl (C=O) groups excluding carboxylic acids is 3. The summed E-state index contributed by atoms with van der Waals surface area (Å²) < 4.78 is 10.9. The monoisotopic (exact) mass is 468 g/mol. The van der Waals surface area contributed by atoms with Crippen molar-refractivity contribution < 1.29 is 23.9 Å². The Morgan fingerprint density at radius 3 is 2.69 bits per heavy atom. The minimum atomic E-state index is -0.559. The summed E-state index contributed by atoms with van der Waals surface area (Å²) in [7, 11) is 0. The molecule has 1 fully saturated rings. The Bertz CT molecular complexity index is 823. The third-order valence-corrected chi connectivity index (χ3v) is 5.47. The van der Waals surface area contributed by atoms with E-state index in [1.54, 1.807) is 11.8 Å². The largest absolute Gasteiger partial charge is 0.463 e. The van der Waals surface area contributed by atoms with E-state index in [9.17, 15) is 14.4 Å². The van der Waals surface area contributed by atoms with Gasteiger partial charge < -0.3 is 24.7 Å². The fourth-order valence-electron chi connectivity index (χ4n) is 3.31. The first-order valence-electron chi connectivity index (χ1n) is 11.1. The maximum absolute atomic E-state index is 12.7. The fourth-order valence-corrected chi connectivity index (χ4v) is 3.57. The highest BCUT2D eigenvalue weighted by Gasteiger charge is 2.33. The van der Waals surface area contributed by atoms with Crippen molar-refractivity contribution >= 4 is 29.4 Å². The lowest BCUT2D eigenvalue weighted by Crippen LogP contribution is -2.56. The first-order chi connectivity index (χ1) is 15.2. The number of H-pyrrole nitrogens is 1. The molecular weight excluding hydrogens is 436 g/mol. The van der Waals surface area contributed by atoms with Crippen molar-refractivity contribution in [3.05, 3.63) is 28.8 Å². The lowest BCUT2D eigenvalue weighted by Gasteiger charge is -2.38. The standard InChI is InChI=1S/C22H33ClN4O5/c1-5-15-20(23)26-21(24-15)22(30)25-16-9-11-27(13-17(16)32-12-10-14(3)4)18(28)7-8-19(29)31-6-2/h7-8,14,16-17H,5-6,9-13H2,1-4H3,(H,24,26)(H,25,30)/b8-7+/t16-,17+/m0/s1. The molecule has 2 N–H and O–H groups in total. The number of hydrogen-bond donors (Lipinski definition) is 2. The maximum Gasteiger partial charge on any atom is 0.330 e. The molecule has 2 amide bonds. The molecule has 2 rings (SSSR count). The summed E-state index contributed by atoms with van der Waals surface area (Å²) in [4.78, 5) is 45.4. The summed E-state index contributed by atoms with van der Waals surface area (Å²) in [5.74, 6) is -0.601. The van der Waals surface area contributed by atoms with Crippen LogP contribution >= 0.6 is 11.6 Å². The van der Waals surface area contributed by atoms with Crippen LogP contribution in [0.25, 0.3) is 0 Å². The molecule has 1 aliphatic heterocycles. The van der Waals surface area contributed by atoms with Crippen LogP contribution in [0.3, 0.4) is 0 Å². The van der Waals surface area contributed by atoms with Gasteiger partial charge >= 0.3 is 5.97 Å². The van der Waals surface area contributed by atoms with Crippen molar-refractivity contribution in [3.8, 4) is 0 Å². The Morgan fingerprint density at radius 1 is 1.31 bits per heavy atom. The maximum atomic E-state index is 12.7. The van der Waals surface area contributed by atoms with Gasteiger partial charge in [-0.25, -0.2) is 9.78 Å². The molecule has 1 aliphatic rings. The molecule has 10 heteroatoms. The normalized spacial score (nSPS) is 18.9. The van der Waals surface area contributed by atoms with Gasteiger partial charge in [0.1, 0.15) is 0 Å². The van der Waals surface area contributed by atoms with Gasteiger partial charge in [-0.1, -0.05) is 32.4 Å². The number of esters is 1. The average Bonchev–Trinajstić information content (AvgIpc) is 3.13. The van der Waals surface area contributed by atoms with Gasteiger partial charge in [-0.05, 0) is 32.1 Å². The van der Waals surface area contributed by atoms with Gasteiger partial charge in [0.15, 0.2) is 11.0 Å². The van der Waals surface area contributed by atoms with E-state index in [1.807, 2.05) is 6.92 Å². The summed E-state index contributed by atoms with van der Waals surface area (Å²) in [6, 6.07) is -0.290. The quantitative estimate of drug-likeness (QED) is 0.403. The Hall–Kier alpha value is -2.39. The van der Waals surface area contributed by atoms with E-state index in [2.05, 4.69) is 29.1 Å². The van der Waals surface area contributed by atoms with Crippen molar-refractivity contribution in [3.63, 3.8) is 0 Å². The highest BCUT2D eigenvalue weighted by molar-refractivity contribution is 6.30. The van der Waals surface area contributed by atoms with Gasteiger partial charge in [0.25, 0.3) is 5.91 Å². The minimum absolute atomic E-state index is 0.156. The number of halogens is 1. The molecular formula is C22H33ClN4O5. The van der Waals surface area contributed by atoms with Crippen LogP contribution in [-0.2, 0) is 25.5 Å². The van der Waals surface area contributed by atoms with Crippen molar-refractivity contribution in [1.29, 1.82) is 0 Å². The number of aromatic amines is 1. The molecule has 0 saturated carbocycles. The summed E-state index contributed by atoms with van der Waals surface area (Å²) in [5.41, 5.74) is 0.704. The summed E-state index contributed by atoms with van der Waals surface area (Å²) in [6.45, 7) is 9.30. The van der Waals surface area contributed by atoms with Crippen LogP contribution in [-0.4, -0.2) is 71.1 Å². The zero-order chi connectivity index (χ0) is 23.7. The number of ether oxygens (including phenoxy) is 2. The van der Waals surface area contributed by atoms with E-state index in [0.29, 0.717) is 44.1 Å². The van der Waals surface area contributed by atoms with Crippen LogP contribution in [0, 0.1) is 5.92 Å². The number of piperidine rings is 1. The number of nitrogens with one attached hydrogen (secondary N) is 2. The first-order valence-corrected chi connectivity index (χ1v) is 11.4. The van der Waals surface area contributed by atoms with Crippen LogP contribution in [0.4, 0.5) is 0 Å². The van der Waals surface area contributed by atoms with E-state index in [4.69, 9.17) is 21.1 Å². The Balaban J connectivity index is 2.05. The summed E-state index contributed by atoms with van der Waals surface area (Å²) in [5, 5.41) is 3.26. The first kappa shape index (κ1) is 25.9. The van der Waals surface area contributed by atoms with Crippen LogP contribution < -0.4 is 5.32 Å². The zero-order valence-corrected chi connectivity index (χ0v) is 19.9. The Morgan fingerprint density at radius 2 is 2.06 bits per heavy atom. The number of carbonyl (C=O) groups is 3. The molecule has 0 bridgehead atoms. The average molecular weight is 469 g/mol. The molecule has 0 spiro atoms. The van der Waals surface area contributed by atoms with Crippen molar-refractivity contribution in [2.45, 2.75) is 59.1 Å². The van der Waals surface area contributed by atoms with Crippen LogP contribution in [0.1, 0.15) is 56.8 Å². The van der Waals surface area contributed by atoms with Crippen molar-refractivity contribution in [1.82, 2.24) is 20.2 Å². The third kappa shape index (κ3) is 7.63. The van der Waals surface area contributed by atoms with Gasteiger partial charge in [-0.3, -0.25) is 9.59 Å². The predicted molar refractivity (Wildman–Crippen MR) is 120 cm³/mol. The lowest BCUT2D eigenvalue weighted by molar-refractivity contribution is -0.138. The number of aryl methyl sites for hydroxylation is 1. The lowest BCUT2D eigenvalue weighted by atomic mass is 10.0. The Labute approximate surface area is 193 Å². The van der Waals surface area contributed by atoms with Crippen LogP contribution in [0.2, 0.25) is 5.15 Å². The van der Waals surface area contributed by atoms with E-state index in [-0.39, 0.29) is 41.5 Å². The zero-order valence-electron chi connectivity index (χ0n) is 19.2. The molecule has 1 saturated heterocycles. The second-order valence-corrected chi connectivity index (χ2v) is 8.40. The summed E-state index contributed by atoms with van der Waals surface area (Å²) >= 11 is 6.05. The van der Waals surface area contributed by atoms with Gasteiger partial charge in [0.05, 0.1) is 24.4 Å². The highest BCUT2D eigenvalue weighted by atomic mass is 35.5. The highest BCUT2D eigenvalue weighted by Crippen LogP contribution is 2.18.